The van der Waals surface area contributed by atoms with Gasteiger partial charge in [0, 0.05) is 19.9 Å². The summed E-state index contributed by atoms with van der Waals surface area (Å²) in [6, 6.07) is 1.59. The van der Waals surface area contributed by atoms with Crippen molar-refractivity contribution in [1.29, 1.82) is 0 Å². The van der Waals surface area contributed by atoms with Crippen LogP contribution in [0, 0.1) is 0 Å². The van der Waals surface area contributed by atoms with Gasteiger partial charge in [-0.25, -0.2) is 4.79 Å². The molecule has 84 valence electrons. The molecule has 0 aromatic carbocycles. The normalized spacial score (nSPS) is 10.3. The van der Waals surface area contributed by atoms with Crippen molar-refractivity contribution < 1.29 is 14.3 Å². The summed E-state index contributed by atoms with van der Waals surface area (Å²) in [6.07, 6.45) is 1.67. The molecule has 0 radical (unpaired) electrons. The molecule has 0 amide bonds. The molecule has 1 aromatic rings. The van der Waals surface area contributed by atoms with Gasteiger partial charge in [0.25, 0.3) is 0 Å². The Morgan fingerprint density at radius 1 is 1.53 bits per heavy atom. The topological polar surface area (TPSA) is 66.5 Å². The number of esters is 1. The number of hydrogen-bond acceptors (Lipinski definition) is 4. The molecule has 1 aromatic heterocycles. The zero-order valence-electron chi connectivity index (χ0n) is 9.03. The Balaban J connectivity index is 2.43. The Labute approximate surface area is 88.8 Å². The average molecular weight is 212 g/mol. The van der Waals surface area contributed by atoms with Crippen molar-refractivity contribution in [3.63, 3.8) is 0 Å². The van der Waals surface area contributed by atoms with Gasteiger partial charge in [0.15, 0.2) is 0 Å². The lowest BCUT2D eigenvalue weighted by molar-refractivity contribution is 0.0326. The van der Waals surface area contributed by atoms with Gasteiger partial charge in [-0.1, -0.05) is 0 Å². The van der Waals surface area contributed by atoms with E-state index in [1.54, 1.807) is 23.9 Å². The van der Waals surface area contributed by atoms with Crippen molar-refractivity contribution in [2.75, 3.05) is 25.6 Å². The van der Waals surface area contributed by atoms with Crippen molar-refractivity contribution in [3.05, 3.63) is 18.0 Å². The molecule has 0 aliphatic carbocycles. The minimum Gasteiger partial charge on any atom is -0.459 e. The summed E-state index contributed by atoms with van der Waals surface area (Å²) in [6.45, 7) is 3.19. The Kier molecular flexibility index (Phi) is 4.17. The van der Waals surface area contributed by atoms with Crippen molar-refractivity contribution in [2.45, 2.75) is 6.92 Å². The summed E-state index contributed by atoms with van der Waals surface area (Å²) in [4.78, 5) is 11.5. The van der Waals surface area contributed by atoms with Gasteiger partial charge in [0.1, 0.15) is 12.3 Å². The van der Waals surface area contributed by atoms with E-state index in [1.165, 1.54) is 0 Å². The average Bonchev–Trinajstić information content (AvgIpc) is 2.52. The lowest BCUT2D eigenvalue weighted by Crippen LogP contribution is -2.13. The number of hydrogen-bond donors (Lipinski definition) is 1. The number of nitrogens with two attached hydrogens (primary N) is 1. The molecule has 0 bridgehead atoms. The smallest absolute Gasteiger partial charge is 0.355 e. The first-order chi connectivity index (χ1) is 7.15. The highest BCUT2D eigenvalue weighted by atomic mass is 16.6. The second-order valence-electron chi connectivity index (χ2n) is 3.10. The van der Waals surface area contributed by atoms with Gasteiger partial charge < -0.3 is 19.8 Å². The van der Waals surface area contributed by atoms with Crippen LogP contribution in [0.1, 0.15) is 17.4 Å². The molecule has 0 aliphatic rings. The largest absolute Gasteiger partial charge is 0.459 e. The van der Waals surface area contributed by atoms with Crippen LogP contribution in [0.3, 0.4) is 0 Å². The van der Waals surface area contributed by atoms with E-state index in [1.807, 2.05) is 6.92 Å². The molecular weight excluding hydrogens is 196 g/mol. The SMILES string of the molecule is CCOCCOC(=O)c1cc(N)cn1C. The van der Waals surface area contributed by atoms with Gasteiger partial charge in [0.05, 0.1) is 12.3 Å². The highest BCUT2D eigenvalue weighted by Gasteiger charge is 2.11. The number of aryl methyl sites for hydroxylation is 1. The second kappa shape index (κ2) is 5.41. The highest BCUT2D eigenvalue weighted by Crippen LogP contribution is 2.09. The number of rotatable bonds is 5. The van der Waals surface area contributed by atoms with Crippen LogP contribution >= 0.6 is 0 Å². The number of aromatic nitrogens is 1. The number of carbonyl (C=O) groups excluding carboxylic acids is 1. The van der Waals surface area contributed by atoms with Crippen molar-refractivity contribution in [3.8, 4) is 0 Å². The fourth-order valence-electron chi connectivity index (χ4n) is 1.20. The zero-order valence-corrected chi connectivity index (χ0v) is 9.03. The molecule has 0 saturated heterocycles. The first kappa shape index (κ1) is 11.6. The fraction of sp³-hybridized carbons (Fsp3) is 0.500. The molecule has 5 heteroatoms. The van der Waals surface area contributed by atoms with Gasteiger partial charge in [-0.05, 0) is 13.0 Å². The third-order valence-electron chi connectivity index (χ3n) is 1.90. The van der Waals surface area contributed by atoms with Gasteiger partial charge >= 0.3 is 5.97 Å². The molecule has 0 saturated carbocycles. The van der Waals surface area contributed by atoms with Crippen LogP contribution in [0.2, 0.25) is 0 Å². The van der Waals surface area contributed by atoms with Crippen molar-refractivity contribution >= 4 is 11.7 Å². The quantitative estimate of drug-likeness (QED) is 0.579. The molecule has 0 spiro atoms. The van der Waals surface area contributed by atoms with E-state index >= 15 is 0 Å². The van der Waals surface area contributed by atoms with Crippen LogP contribution in [0.5, 0.6) is 0 Å². The summed E-state index contributed by atoms with van der Waals surface area (Å²) in [5.41, 5.74) is 6.54. The minimum absolute atomic E-state index is 0.262. The molecule has 0 aliphatic heterocycles. The zero-order chi connectivity index (χ0) is 11.3. The molecule has 1 rings (SSSR count). The lowest BCUT2D eigenvalue weighted by atomic mass is 10.4. The van der Waals surface area contributed by atoms with Crippen molar-refractivity contribution in [1.82, 2.24) is 4.57 Å². The molecule has 0 unspecified atom stereocenters. The number of nitrogen functional groups attached to an aromatic ring is 1. The summed E-state index contributed by atoms with van der Waals surface area (Å²) in [5, 5.41) is 0. The maximum absolute atomic E-state index is 11.5. The van der Waals surface area contributed by atoms with Gasteiger partial charge in [0.2, 0.25) is 0 Å². The van der Waals surface area contributed by atoms with E-state index in [4.69, 9.17) is 15.2 Å². The first-order valence-electron chi connectivity index (χ1n) is 4.82. The first-order valence-corrected chi connectivity index (χ1v) is 4.82. The van der Waals surface area contributed by atoms with Crippen LogP contribution in [0.15, 0.2) is 12.3 Å². The standard InChI is InChI=1S/C10H16N2O3/c1-3-14-4-5-15-10(13)9-6-8(11)7-12(9)2/h6-7H,3-5,11H2,1-2H3. The molecule has 1 heterocycles. The van der Waals surface area contributed by atoms with Crippen molar-refractivity contribution in [2.24, 2.45) is 7.05 Å². The molecule has 2 N–H and O–H groups in total. The maximum Gasteiger partial charge on any atom is 0.355 e. The Morgan fingerprint density at radius 2 is 2.27 bits per heavy atom. The number of nitrogens with zero attached hydrogens (tertiary/aromatic N) is 1. The Hall–Kier alpha value is -1.49. The van der Waals surface area contributed by atoms with E-state index in [9.17, 15) is 4.79 Å². The van der Waals surface area contributed by atoms with Crippen LogP contribution in [0.25, 0.3) is 0 Å². The summed E-state index contributed by atoms with van der Waals surface area (Å²) in [7, 11) is 1.75. The fourth-order valence-corrected chi connectivity index (χ4v) is 1.20. The van der Waals surface area contributed by atoms with Crippen LogP contribution in [-0.4, -0.2) is 30.4 Å². The maximum atomic E-state index is 11.5. The third-order valence-corrected chi connectivity index (χ3v) is 1.90. The summed E-state index contributed by atoms with van der Waals surface area (Å²) in [5.74, 6) is -0.381. The summed E-state index contributed by atoms with van der Waals surface area (Å²) < 4.78 is 11.7. The Morgan fingerprint density at radius 3 is 2.80 bits per heavy atom. The molecule has 0 atom stereocenters. The van der Waals surface area contributed by atoms with Crippen LogP contribution in [-0.2, 0) is 16.5 Å². The predicted octanol–water partition coefficient (Wildman–Crippen LogP) is 0.801. The monoisotopic (exact) mass is 212 g/mol. The Bertz CT molecular complexity index is 333. The molecule has 15 heavy (non-hydrogen) atoms. The van der Waals surface area contributed by atoms with E-state index in [0.29, 0.717) is 24.6 Å². The minimum atomic E-state index is -0.381. The number of anilines is 1. The predicted molar refractivity (Wildman–Crippen MR) is 56.6 cm³/mol. The summed E-state index contributed by atoms with van der Waals surface area (Å²) >= 11 is 0. The number of carbonyl (C=O) groups is 1. The van der Waals surface area contributed by atoms with E-state index in [0.717, 1.165) is 0 Å². The highest BCUT2D eigenvalue weighted by molar-refractivity contribution is 5.89. The van der Waals surface area contributed by atoms with Gasteiger partial charge in [-0.2, -0.15) is 0 Å². The van der Waals surface area contributed by atoms with Crippen LogP contribution in [0.4, 0.5) is 5.69 Å². The van der Waals surface area contributed by atoms with Crippen LogP contribution < -0.4 is 5.73 Å². The second-order valence-corrected chi connectivity index (χ2v) is 3.10. The van der Waals surface area contributed by atoms with E-state index in [2.05, 4.69) is 0 Å². The van der Waals surface area contributed by atoms with E-state index < -0.39 is 0 Å². The number of ether oxygens (including phenoxy) is 2. The van der Waals surface area contributed by atoms with E-state index in [-0.39, 0.29) is 12.6 Å². The molecular formula is C10H16N2O3. The molecule has 5 nitrogen and oxygen atoms in total. The van der Waals surface area contributed by atoms with Gasteiger partial charge in [-0.15, -0.1) is 0 Å². The third kappa shape index (κ3) is 3.28. The van der Waals surface area contributed by atoms with Gasteiger partial charge in [-0.3, -0.25) is 0 Å². The molecule has 0 fully saturated rings. The lowest BCUT2D eigenvalue weighted by Gasteiger charge is -2.05.